The molecule has 1 aromatic carbocycles. The Morgan fingerprint density at radius 2 is 1.87 bits per heavy atom. The fourth-order valence-electron chi connectivity index (χ4n) is 4.98. The summed E-state index contributed by atoms with van der Waals surface area (Å²) in [5.74, 6) is 1.94. The second-order valence-corrected chi connectivity index (χ2v) is 7.44. The van der Waals surface area contributed by atoms with Crippen LogP contribution in [-0.4, -0.2) is 46.9 Å². The molecule has 1 heterocycles. The Bertz CT molecular complexity index is 583. The van der Waals surface area contributed by atoms with Gasteiger partial charge in [0.05, 0.1) is 4.92 Å². The number of para-hydroxylation sites is 1. The predicted molar refractivity (Wildman–Crippen MR) is 89.2 cm³/mol. The van der Waals surface area contributed by atoms with Gasteiger partial charge in [-0.1, -0.05) is 24.6 Å². The molecule has 3 atom stereocenters. The molecule has 5 heteroatoms. The highest BCUT2D eigenvalue weighted by atomic mass is 16.6. The molecule has 1 aliphatic heterocycles. The van der Waals surface area contributed by atoms with Gasteiger partial charge in [0, 0.05) is 50.4 Å². The fraction of sp³-hybridized carbons (Fsp3) is 0.667. The molecule has 0 unspecified atom stereocenters. The largest absolute Gasteiger partial charge is 0.298 e. The third kappa shape index (κ3) is 3.00. The number of benzene rings is 1. The van der Waals surface area contributed by atoms with Crippen LogP contribution in [0.3, 0.4) is 0 Å². The topological polar surface area (TPSA) is 49.6 Å². The summed E-state index contributed by atoms with van der Waals surface area (Å²) in [5.41, 5.74) is 1.09. The first-order valence-corrected chi connectivity index (χ1v) is 8.89. The number of nitrogens with zero attached hydrogens (tertiary/aromatic N) is 3. The Morgan fingerprint density at radius 1 is 1.09 bits per heavy atom. The van der Waals surface area contributed by atoms with Crippen molar-refractivity contribution in [1.29, 1.82) is 0 Å². The number of piperazine rings is 1. The number of hydrogen-bond donors (Lipinski definition) is 0. The van der Waals surface area contributed by atoms with Gasteiger partial charge in [0.15, 0.2) is 0 Å². The first-order chi connectivity index (χ1) is 11.2. The Balaban J connectivity index is 1.34. The van der Waals surface area contributed by atoms with Crippen LogP contribution in [0, 0.1) is 22.0 Å². The standard InChI is InChI=1S/C18H25N3O2/c22-21(23)17-4-2-1-3-16(17)13-19-7-9-20(10-8-19)18-12-14-5-6-15(18)11-14/h1-4,14-15,18H,5-13H2/t14-,15+,18-/m1/s1. The molecule has 0 N–H and O–H groups in total. The third-order valence-electron chi connectivity index (χ3n) is 6.16. The molecule has 1 aromatic rings. The maximum absolute atomic E-state index is 11.1. The Labute approximate surface area is 137 Å². The molecule has 3 aliphatic rings. The van der Waals surface area contributed by atoms with E-state index in [1.54, 1.807) is 12.1 Å². The minimum Gasteiger partial charge on any atom is -0.298 e. The van der Waals surface area contributed by atoms with Crippen LogP contribution < -0.4 is 0 Å². The Kier molecular flexibility index (Phi) is 4.07. The summed E-state index contributed by atoms with van der Waals surface area (Å²) in [7, 11) is 0. The predicted octanol–water partition coefficient (Wildman–Crippen LogP) is 2.90. The summed E-state index contributed by atoms with van der Waals surface area (Å²) < 4.78 is 0. The number of fused-ring (bicyclic) bond motifs is 2. The van der Waals surface area contributed by atoms with Gasteiger partial charge in [0.2, 0.25) is 0 Å². The van der Waals surface area contributed by atoms with Crippen LogP contribution in [0.4, 0.5) is 5.69 Å². The maximum atomic E-state index is 11.1. The molecule has 3 fully saturated rings. The van der Waals surface area contributed by atoms with E-state index in [-0.39, 0.29) is 10.6 Å². The molecule has 124 valence electrons. The fourth-order valence-corrected chi connectivity index (χ4v) is 4.98. The minimum absolute atomic E-state index is 0.253. The second kappa shape index (κ2) is 6.21. The van der Waals surface area contributed by atoms with Gasteiger partial charge in [0.1, 0.15) is 0 Å². The number of nitro groups is 1. The van der Waals surface area contributed by atoms with Crippen LogP contribution >= 0.6 is 0 Å². The van der Waals surface area contributed by atoms with Crippen molar-refractivity contribution in [3.63, 3.8) is 0 Å². The molecule has 4 rings (SSSR count). The Morgan fingerprint density at radius 3 is 2.52 bits per heavy atom. The van der Waals surface area contributed by atoms with E-state index in [2.05, 4.69) is 9.80 Å². The Hall–Kier alpha value is -1.46. The molecule has 0 radical (unpaired) electrons. The van der Waals surface area contributed by atoms with Crippen molar-refractivity contribution in [1.82, 2.24) is 9.80 Å². The zero-order valence-electron chi connectivity index (χ0n) is 13.6. The van der Waals surface area contributed by atoms with Gasteiger partial charge < -0.3 is 0 Å². The normalized spacial score (nSPS) is 31.6. The van der Waals surface area contributed by atoms with Gasteiger partial charge in [0.25, 0.3) is 5.69 Å². The smallest absolute Gasteiger partial charge is 0.273 e. The van der Waals surface area contributed by atoms with Crippen molar-refractivity contribution in [3.8, 4) is 0 Å². The molecular weight excluding hydrogens is 290 g/mol. The van der Waals surface area contributed by atoms with E-state index in [0.717, 1.165) is 49.6 Å². The lowest BCUT2D eigenvalue weighted by molar-refractivity contribution is -0.385. The average molecular weight is 315 g/mol. The SMILES string of the molecule is O=[N+]([O-])c1ccccc1CN1CCN([C@@H]2C[C@@H]3CC[C@H]2C3)CC1. The summed E-state index contributed by atoms with van der Waals surface area (Å²) in [6.45, 7) is 4.99. The molecular formula is C18H25N3O2. The van der Waals surface area contributed by atoms with Crippen molar-refractivity contribution in [2.75, 3.05) is 26.2 Å². The van der Waals surface area contributed by atoms with Crippen LogP contribution in [0.2, 0.25) is 0 Å². The lowest BCUT2D eigenvalue weighted by Crippen LogP contribution is -2.51. The van der Waals surface area contributed by atoms with E-state index in [0.29, 0.717) is 6.54 Å². The van der Waals surface area contributed by atoms with Crippen molar-refractivity contribution in [2.45, 2.75) is 38.3 Å². The first-order valence-electron chi connectivity index (χ1n) is 8.89. The average Bonchev–Trinajstić information content (AvgIpc) is 3.19. The highest BCUT2D eigenvalue weighted by Crippen LogP contribution is 2.46. The number of nitro benzene ring substituents is 1. The summed E-state index contributed by atoms with van der Waals surface area (Å²) in [5, 5.41) is 11.1. The van der Waals surface area contributed by atoms with Gasteiger partial charge in [-0.3, -0.25) is 19.9 Å². The molecule has 0 amide bonds. The number of rotatable bonds is 4. The lowest BCUT2D eigenvalue weighted by atomic mass is 9.93. The maximum Gasteiger partial charge on any atom is 0.273 e. The van der Waals surface area contributed by atoms with Crippen molar-refractivity contribution in [2.24, 2.45) is 11.8 Å². The van der Waals surface area contributed by atoms with Gasteiger partial charge >= 0.3 is 0 Å². The first kappa shape index (κ1) is 15.1. The van der Waals surface area contributed by atoms with E-state index in [4.69, 9.17) is 0 Å². The van der Waals surface area contributed by atoms with E-state index >= 15 is 0 Å². The van der Waals surface area contributed by atoms with Crippen molar-refractivity contribution < 1.29 is 4.92 Å². The lowest BCUT2D eigenvalue weighted by Gasteiger charge is -2.41. The molecule has 5 nitrogen and oxygen atoms in total. The van der Waals surface area contributed by atoms with Gasteiger partial charge in [-0.05, 0) is 31.1 Å². The van der Waals surface area contributed by atoms with Gasteiger partial charge in [-0.25, -0.2) is 0 Å². The van der Waals surface area contributed by atoms with Crippen LogP contribution in [0.5, 0.6) is 0 Å². The van der Waals surface area contributed by atoms with Crippen molar-refractivity contribution >= 4 is 5.69 Å². The van der Waals surface area contributed by atoms with Gasteiger partial charge in [-0.15, -0.1) is 0 Å². The van der Waals surface area contributed by atoms with Crippen LogP contribution in [0.25, 0.3) is 0 Å². The highest BCUT2D eigenvalue weighted by Gasteiger charge is 2.42. The van der Waals surface area contributed by atoms with Crippen LogP contribution in [0.1, 0.15) is 31.2 Å². The van der Waals surface area contributed by atoms with Crippen LogP contribution in [-0.2, 0) is 6.54 Å². The summed E-state index contributed by atoms with van der Waals surface area (Å²) >= 11 is 0. The molecule has 23 heavy (non-hydrogen) atoms. The molecule has 1 saturated heterocycles. The minimum atomic E-state index is -0.263. The summed E-state index contributed by atoms with van der Waals surface area (Å²) in [6.07, 6.45) is 5.76. The molecule has 0 aromatic heterocycles. The zero-order chi connectivity index (χ0) is 15.8. The number of hydrogen-bond acceptors (Lipinski definition) is 4. The highest BCUT2D eigenvalue weighted by molar-refractivity contribution is 5.39. The molecule has 0 spiro atoms. The summed E-state index contributed by atoms with van der Waals surface area (Å²) in [4.78, 5) is 15.9. The van der Waals surface area contributed by atoms with Crippen molar-refractivity contribution in [3.05, 3.63) is 39.9 Å². The van der Waals surface area contributed by atoms with E-state index in [9.17, 15) is 10.1 Å². The third-order valence-corrected chi connectivity index (χ3v) is 6.16. The van der Waals surface area contributed by atoms with Gasteiger partial charge in [-0.2, -0.15) is 0 Å². The monoisotopic (exact) mass is 315 g/mol. The van der Waals surface area contributed by atoms with E-state index in [1.807, 2.05) is 12.1 Å². The van der Waals surface area contributed by atoms with Crippen LogP contribution in [0.15, 0.2) is 24.3 Å². The quantitative estimate of drug-likeness (QED) is 0.633. The second-order valence-electron chi connectivity index (χ2n) is 7.44. The molecule has 2 saturated carbocycles. The summed E-state index contributed by atoms with van der Waals surface area (Å²) in [6, 6.07) is 7.96. The molecule has 2 bridgehead atoms. The molecule has 2 aliphatic carbocycles. The van der Waals surface area contributed by atoms with E-state index < -0.39 is 0 Å². The van der Waals surface area contributed by atoms with E-state index in [1.165, 1.54) is 25.7 Å². The zero-order valence-corrected chi connectivity index (χ0v) is 13.6.